The lowest BCUT2D eigenvalue weighted by molar-refractivity contribution is 0.0872. The van der Waals surface area contributed by atoms with Gasteiger partial charge in [-0.2, -0.15) is 0 Å². The Morgan fingerprint density at radius 1 is 0.962 bits per heavy atom. The highest BCUT2D eigenvalue weighted by atomic mass is 35.5. The van der Waals surface area contributed by atoms with Crippen LogP contribution < -0.4 is 10.6 Å². The number of thiophene rings is 1. The molecule has 1 amide bonds. The van der Waals surface area contributed by atoms with Crippen LogP contribution in [0.1, 0.15) is 20.0 Å². The van der Waals surface area contributed by atoms with Crippen molar-refractivity contribution in [2.75, 3.05) is 5.32 Å². The first-order valence-electron chi connectivity index (χ1n) is 7.70. The number of Topliss-reactive ketones (excluding diaryl/α,β-unsaturated/α-hetero) is 1. The van der Waals surface area contributed by atoms with Gasteiger partial charge in [0.15, 0.2) is 6.17 Å². The van der Waals surface area contributed by atoms with Crippen molar-refractivity contribution in [2.45, 2.75) is 6.17 Å². The van der Waals surface area contributed by atoms with Gasteiger partial charge in [-0.3, -0.25) is 9.59 Å². The molecule has 0 aliphatic heterocycles. The fourth-order valence-electron chi connectivity index (χ4n) is 2.31. The normalized spacial score (nSPS) is 11.6. The molecule has 0 fully saturated rings. The molecule has 0 saturated carbocycles. The molecule has 0 bridgehead atoms. The summed E-state index contributed by atoms with van der Waals surface area (Å²) in [6.07, 6.45) is -0.981. The highest BCUT2D eigenvalue weighted by molar-refractivity contribution is 7.12. The molecule has 0 saturated heterocycles. The zero-order chi connectivity index (χ0) is 18.5. The summed E-state index contributed by atoms with van der Waals surface area (Å²) in [6, 6.07) is 17.1. The number of rotatable bonds is 6. The van der Waals surface area contributed by atoms with Crippen LogP contribution in [0.4, 0.5) is 5.69 Å². The number of amides is 1. The van der Waals surface area contributed by atoms with Crippen molar-refractivity contribution in [3.63, 3.8) is 0 Å². The number of hydrogen-bond acceptors (Lipinski definition) is 4. The Bertz CT molecular complexity index is 915. The van der Waals surface area contributed by atoms with Crippen molar-refractivity contribution >= 4 is 51.9 Å². The van der Waals surface area contributed by atoms with Crippen LogP contribution in [0, 0.1) is 0 Å². The van der Waals surface area contributed by atoms with Crippen LogP contribution in [0.2, 0.25) is 10.0 Å². The number of nitrogens with one attached hydrogen (secondary N) is 2. The monoisotopic (exact) mass is 404 g/mol. The predicted octanol–water partition coefficient (Wildman–Crippen LogP) is 5.11. The number of anilines is 1. The Hall–Kier alpha value is -2.34. The maximum Gasteiger partial charge on any atom is 0.263 e. The van der Waals surface area contributed by atoms with Crippen LogP contribution in [0.25, 0.3) is 0 Å². The van der Waals surface area contributed by atoms with Crippen molar-refractivity contribution in [2.24, 2.45) is 0 Å². The molecule has 7 heteroatoms. The second-order valence-electron chi connectivity index (χ2n) is 5.38. The summed E-state index contributed by atoms with van der Waals surface area (Å²) in [7, 11) is 0. The van der Waals surface area contributed by atoms with E-state index >= 15 is 0 Å². The van der Waals surface area contributed by atoms with Gasteiger partial charge in [0.2, 0.25) is 5.78 Å². The molecule has 3 rings (SSSR count). The molecule has 26 heavy (non-hydrogen) atoms. The lowest BCUT2D eigenvalue weighted by Gasteiger charge is -2.21. The van der Waals surface area contributed by atoms with Gasteiger partial charge in [0.1, 0.15) is 0 Å². The van der Waals surface area contributed by atoms with Gasteiger partial charge in [0, 0.05) is 10.6 Å². The molecular formula is C19H14Cl2N2O2S. The first-order chi connectivity index (χ1) is 12.5. The van der Waals surface area contributed by atoms with E-state index < -0.39 is 6.17 Å². The third-order valence-corrected chi connectivity index (χ3v) is 4.99. The average molecular weight is 405 g/mol. The van der Waals surface area contributed by atoms with E-state index in [1.807, 2.05) is 6.07 Å². The topological polar surface area (TPSA) is 58.2 Å². The fraction of sp³-hybridized carbons (Fsp3) is 0.0526. The summed E-state index contributed by atoms with van der Waals surface area (Å²) in [6.45, 7) is 0. The molecule has 0 spiro atoms. The largest absolute Gasteiger partial charge is 0.358 e. The molecule has 0 radical (unpaired) electrons. The maximum atomic E-state index is 12.9. The summed E-state index contributed by atoms with van der Waals surface area (Å²) in [5.41, 5.74) is 0.971. The van der Waals surface area contributed by atoms with E-state index in [-0.39, 0.29) is 11.7 Å². The van der Waals surface area contributed by atoms with E-state index in [1.165, 1.54) is 11.3 Å². The summed E-state index contributed by atoms with van der Waals surface area (Å²) in [5.74, 6) is -0.617. The standard InChI is InChI=1S/C19H14Cl2N2O2S/c20-13-8-9-15(14(21)11-13)22-18(17(24)12-5-2-1-3-6-12)23-19(25)16-7-4-10-26-16/h1-11,18,22H,(H,23,25). The molecule has 1 heterocycles. The fourth-order valence-corrected chi connectivity index (χ4v) is 3.40. The second kappa shape index (κ2) is 8.36. The van der Waals surface area contributed by atoms with Gasteiger partial charge in [0.25, 0.3) is 5.91 Å². The first kappa shape index (κ1) is 18.5. The Balaban J connectivity index is 1.87. The van der Waals surface area contributed by atoms with E-state index in [4.69, 9.17) is 23.2 Å². The zero-order valence-electron chi connectivity index (χ0n) is 13.4. The maximum absolute atomic E-state index is 12.9. The Kier molecular flexibility index (Phi) is 5.93. The Morgan fingerprint density at radius 2 is 1.73 bits per heavy atom. The van der Waals surface area contributed by atoms with Crippen LogP contribution in [0.15, 0.2) is 66.0 Å². The van der Waals surface area contributed by atoms with E-state index in [1.54, 1.807) is 60.0 Å². The number of hydrogen-bond donors (Lipinski definition) is 2. The van der Waals surface area contributed by atoms with Crippen molar-refractivity contribution in [3.8, 4) is 0 Å². The van der Waals surface area contributed by atoms with Crippen LogP contribution in [0.5, 0.6) is 0 Å². The first-order valence-corrected chi connectivity index (χ1v) is 9.33. The minimum atomic E-state index is -0.981. The molecule has 4 nitrogen and oxygen atoms in total. The number of carbonyl (C=O) groups excluding carboxylic acids is 2. The Labute approximate surface area is 164 Å². The van der Waals surface area contributed by atoms with Gasteiger partial charge in [-0.15, -0.1) is 11.3 Å². The van der Waals surface area contributed by atoms with E-state index in [0.29, 0.717) is 26.2 Å². The smallest absolute Gasteiger partial charge is 0.263 e. The lowest BCUT2D eigenvalue weighted by Crippen LogP contribution is -2.46. The van der Waals surface area contributed by atoms with Gasteiger partial charge in [-0.25, -0.2) is 0 Å². The van der Waals surface area contributed by atoms with E-state index in [9.17, 15) is 9.59 Å². The number of benzene rings is 2. The number of halogens is 2. The van der Waals surface area contributed by atoms with Crippen LogP contribution in [-0.4, -0.2) is 17.9 Å². The predicted molar refractivity (Wildman–Crippen MR) is 106 cm³/mol. The summed E-state index contributed by atoms with van der Waals surface area (Å²) in [5, 5.41) is 8.36. The summed E-state index contributed by atoms with van der Waals surface area (Å²) < 4.78 is 0. The van der Waals surface area contributed by atoms with Crippen molar-refractivity contribution in [3.05, 3.63) is 86.5 Å². The van der Waals surface area contributed by atoms with Gasteiger partial charge in [0.05, 0.1) is 15.6 Å². The van der Waals surface area contributed by atoms with Gasteiger partial charge >= 0.3 is 0 Å². The molecule has 2 aromatic carbocycles. The van der Waals surface area contributed by atoms with Crippen LogP contribution in [-0.2, 0) is 0 Å². The molecule has 3 aromatic rings. The minimum Gasteiger partial charge on any atom is -0.358 e. The SMILES string of the molecule is O=C(NC(Nc1ccc(Cl)cc1Cl)C(=O)c1ccccc1)c1cccs1. The Morgan fingerprint density at radius 3 is 2.38 bits per heavy atom. The number of carbonyl (C=O) groups is 2. The molecule has 1 aromatic heterocycles. The quantitative estimate of drug-likeness (QED) is 0.443. The molecule has 2 N–H and O–H groups in total. The van der Waals surface area contributed by atoms with Crippen LogP contribution >= 0.6 is 34.5 Å². The molecule has 132 valence electrons. The lowest BCUT2D eigenvalue weighted by atomic mass is 10.1. The second-order valence-corrected chi connectivity index (χ2v) is 7.17. The van der Waals surface area contributed by atoms with Crippen molar-refractivity contribution in [1.29, 1.82) is 0 Å². The summed E-state index contributed by atoms with van der Waals surface area (Å²) >= 11 is 13.4. The van der Waals surface area contributed by atoms with Gasteiger partial charge in [-0.1, -0.05) is 59.6 Å². The number of ketones is 1. The molecule has 0 aliphatic rings. The highest BCUT2D eigenvalue weighted by Gasteiger charge is 2.23. The van der Waals surface area contributed by atoms with Crippen molar-refractivity contribution < 1.29 is 9.59 Å². The molecule has 1 atom stereocenters. The van der Waals surface area contributed by atoms with E-state index in [2.05, 4.69) is 10.6 Å². The van der Waals surface area contributed by atoms with Crippen LogP contribution in [0.3, 0.4) is 0 Å². The summed E-state index contributed by atoms with van der Waals surface area (Å²) in [4.78, 5) is 25.8. The average Bonchev–Trinajstić information content (AvgIpc) is 3.18. The highest BCUT2D eigenvalue weighted by Crippen LogP contribution is 2.26. The molecular weight excluding hydrogens is 391 g/mol. The zero-order valence-corrected chi connectivity index (χ0v) is 15.7. The molecule has 0 aliphatic carbocycles. The van der Waals surface area contributed by atoms with Gasteiger partial charge < -0.3 is 10.6 Å². The molecule has 1 unspecified atom stereocenters. The minimum absolute atomic E-state index is 0.276. The van der Waals surface area contributed by atoms with Crippen molar-refractivity contribution in [1.82, 2.24) is 5.32 Å². The van der Waals surface area contributed by atoms with Gasteiger partial charge in [-0.05, 0) is 29.6 Å². The third-order valence-electron chi connectivity index (χ3n) is 3.57. The van der Waals surface area contributed by atoms with E-state index in [0.717, 1.165) is 0 Å². The third kappa shape index (κ3) is 4.43.